The van der Waals surface area contributed by atoms with Crippen molar-refractivity contribution < 1.29 is 0 Å². The van der Waals surface area contributed by atoms with Crippen molar-refractivity contribution in [3.8, 4) is 0 Å². The van der Waals surface area contributed by atoms with Crippen LogP contribution < -0.4 is 10.9 Å². The molecule has 0 amide bonds. The fourth-order valence-electron chi connectivity index (χ4n) is 2.03. The first-order chi connectivity index (χ1) is 9.88. The van der Waals surface area contributed by atoms with Gasteiger partial charge < -0.3 is 5.32 Å². The monoisotopic (exact) mass is 369 g/mol. The summed E-state index contributed by atoms with van der Waals surface area (Å²) in [6.45, 7) is 8.92. The average Bonchev–Trinajstić information content (AvgIpc) is 2.84. The van der Waals surface area contributed by atoms with Crippen LogP contribution in [0.2, 0.25) is 0 Å². The molecule has 0 aliphatic rings. The Hall–Kier alpha value is -1.14. The number of rotatable bonds is 5. The summed E-state index contributed by atoms with van der Waals surface area (Å²) in [5.74, 6) is 0.383. The second-order valence-electron chi connectivity index (χ2n) is 5.57. The molecular formula is C15H20BrN3OS. The van der Waals surface area contributed by atoms with Crippen LogP contribution >= 0.6 is 27.3 Å². The first kappa shape index (κ1) is 16.2. The van der Waals surface area contributed by atoms with Gasteiger partial charge in [-0.1, -0.05) is 13.8 Å². The Labute approximate surface area is 137 Å². The molecular weight excluding hydrogens is 350 g/mol. The number of hydrogen-bond acceptors (Lipinski definition) is 4. The van der Waals surface area contributed by atoms with Gasteiger partial charge in [0.05, 0.1) is 17.9 Å². The lowest BCUT2D eigenvalue weighted by Gasteiger charge is -2.16. The maximum Gasteiger partial charge on any atom is 0.283 e. The number of nitrogens with one attached hydrogen (secondary N) is 1. The van der Waals surface area contributed by atoms with E-state index in [1.807, 2.05) is 0 Å². The third kappa shape index (κ3) is 3.95. The molecule has 4 nitrogen and oxygen atoms in total. The van der Waals surface area contributed by atoms with E-state index in [2.05, 4.69) is 66.2 Å². The van der Waals surface area contributed by atoms with Crippen molar-refractivity contribution in [2.75, 3.05) is 5.32 Å². The SMILES string of the molecule is Cc1ccc(C(C)Nc2cnn(CC(C)C)c(=O)c2Br)s1. The molecule has 2 aromatic rings. The van der Waals surface area contributed by atoms with Gasteiger partial charge >= 0.3 is 0 Å². The lowest BCUT2D eigenvalue weighted by atomic mass is 10.2. The quantitative estimate of drug-likeness (QED) is 0.858. The molecule has 0 spiro atoms. The Morgan fingerprint density at radius 3 is 2.67 bits per heavy atom. The van der Waals surface area contributed by atoms with Gasteiger partial charge in [-0.05, 0) is 47.8 Å². The van der Waals surface area contributed by atoms with Gasteiger partial charge in [-0.15, -0.1) is 11.3 Å². The fourth-order valence-corrected chi connectivity index (χ4v) is 3.33. The van der Waals surface area contributed by atoms with Crippen molar-refractivity contribution in [1.29, 1.82) is 0 Å². The Balaban J connectivity index is 2.21. The zero-order valence-corrected chi connectivity index (χ0v) is 15.1. The first-order valence-electron chi connectivity index (χ1n) is 6.97. The molecule has 0 saturated heterocycles. The smallest absolute Gasteiger partial charge is 0.283 e. The van der Waals surface area contributed by atoms with Gasteiger partial charge in [0.25, 0.3) is 5.56 Å². The second kappa shape index (κ2) is 6.75. The molecule has 6 heteroatoms. The number of hydrogen-bond donors (Lipinski definition) is 1. The minimum Gasteiger partial charge on any atom is -0.375 e. The van der Waals surface area contributed by atoms with Crippen molar-refractivity contribution >= 4 is 33.0 Å². The van der Waals surface area contributed by atoms with E-state index in [1.54, 1.807) is 17.5 Å². The average molecular weight is 370 g/mol. The molecule has 21 heavy (non-hydrogen) atoms. The van der Waals surface area contributed by atoms with E-state index < -0.39 is 0 Å². The second-order valence-corrected chi connectivity index (χ2v) is 7.68. The highest BCUT2D eigenvalue weighted by atomic mass is 79.9. The summed E-state index contributed by atoms with van der Waals surface area (Å²) < 4.78 is 2.04. The van der Waals surface area contributed by atoms with Crippen LogP contribution in [0.15, 0.2) is 27.6 Å². The molecule has 114 valence electrons. The highest BCUT2D eigenvalue weighted by molar-refractivity contribution is 9.10. The molecule has 0 bridgehead atoms. The Morgan fingerprint density at radius 1 is 1.38 bits per heavy atom. The molecule has 0 aromatic carbocycles. The molecule has 2 heterocycles. The zero-order chi connectivity index (χ0) is 15.6. The van der Waals surface area contributed by atoms with Gasteiger partial charge in [-0.3, -0.25) is 4.79 Å². The molecule has 0 saturated carbocycles. The van der Waals surface area contributed by atoms with Crippen LogP contribution in [-0.2, 0) is 6.54 Å². The standard InChI is InChI=1S/C15H20BrN3OS/c1-9(2)8-19-15(20)14(16)12(7-17-19)18-11(4)13-6-5-10(3)21-13/h5-7,9,11,18H,8H2,1-4H3. The Bertz CT molecular complexity index is 678. The minimum atomic E-state index is -0.0942. The number of anilines is 1. The van der Waals surface area contributed by atoms with Gasteiger partial charge in [0, 0.05) is 16.3 Å². The van der Waals surface area contributed by atoms with E-state index in [-0.39, 0.29) is 11.6 Å². The summed E-state index contributed by atoms with van der Waals surface area (Å²) in [7, 11) is 0. The van der Waals surface area contributed by atoms with Crippen molar-refractivity contribution in [1.82, 2.24) is 9.78 Å². The Morgan fingerprint density at radius 2 is 2.10 bits per heavy atom. The number of aromatic nitrogens is 2. The third-order valence-corrected chi connectivity index (χ3v) is 5.03. The van der Waals surface area contributed by atoms with Crippen molar-refractivity contribution in [2.45, 2.75) is 40.3 Å². The normalized spacial score (nSPS) is 12.7. The van der Waals surface area contributed by atoms with Crippen LogP contribution in [0, 0.1) is 12.8 Å². The van der Waals surface area contributed by atoms with Crippen LogP contribution in [0.1, 0.15) is 36.6 Å². The molecule has 0 radical (unpaired) electrons. The van der Waals surface area contributed by atoms with Gasteiger partial charge in [0.1, 0.15) is 4.47 Å². The molecule has 0 aliphatic heterocycles. The number of aryl methyl sites for hydroxylation is 1. The van der Waals surface area contributed by atoms with Crippen molar-refractivity contribution in [3.63, 3.8) is 0 Å². The molecule has 1 atom stereocenters. The van der Waals surface area contributed by atoms with Crippen LogP contribution in [0.5, 0.6) is 0 Å². The topological polar surface area (TPSA) is 46.9 Å². The molecule has 0 fully saturated rings. The summed E-state index contributed by atoms with van der Waals surface area (Å²) in [4.78, 5) is 14.8. The molecule has 2 aromatic heterocycles. The largest absolute Gasteiger partial charge is 0.375 e. The van der Waals surface area contributed by atoms with Gasteiger partial charge in [0.2, 0.25) is 0 Å². The van der Waals surface area contributed by atoms with E-state index in [9.17, 15) is 4.79 Å². The number of halogens is 1. The summed E-state index contributed by atoms with van der Waals surface area (Å²) in [5, 5.41) is 7.60. The highest BCUT2D eigenvalue weighted by Gasteiger charge is 2.13. The van der Waals surface area contributed by atoms with Crippen LogP contribution in [0.4, 0.5) is 5.69 Å². The highest BCUT2D eigenvalue weighted by Crippen LogP contribution is 2.27. The zero-order valence-electron chi connectivity index (χ0n) is 12.7. The predicted molar refractivity (Wildman–Crippen MR) is 92.1 cm³/mol. The number of thiophene rings is 1. The predicted octanol–water partition coefficient (Wildman–Crippen LogP) is 4.20. The maximum absolute atomic E-state index is 12.3. The van der Waals surface area contributed by atoms with E-state index in [4.69, 9.17) is 0 Å². The Kier molecular flexibility index (Phi) is 5.22. The van der Waals surface area contributed by atoms with E-state index >= 15 is 0 Å². The van der Waals surface area contributed by atoms with Gasteiger partial charge in [0.15, 0.2) is 0 Å². The molecule has 0 aliphatic carbocycles. The van der Waals surface area contributed by atoms with Crippen molar-refractivity contribution in [3.05, 3.63) is 42.9 Å². The molecule has 2 rings (SSSR count). The lowest BCUT2D eigenvalue weighted by molar-refractivity contribution is 0.462. The van der Waals surface area contributed by atoms with Crippen LogP contribution in [-0.4, -0.2) is 9.78 Å². The van der Waals surface area contributed by atoms with Crippen molar-refractivity contribution in [2.24, 2.45) is 5.92 Å². The number of nitrogens with zero attached hydrogens (tertiary/aromatic N) is 2. The third-order valence-electron chi connectivity index (χ3n) is 3.08. The van der Waals surface area contributed by atoms with Crippen LogP contribution in [0.3, 0.4) is 0 Å². The first-order valence-corrected chi connectivity index (χ1v) is 8.58. The molecule has 1 N–H and O–H groups in total. The fraction of sp³-hybridized carbons (Fsp3) is 0.467. The summed E-state index contributed by atoms with van der Waals surface area (Å²) in [5.41, 5.74) is 0.641. The summed E-state index contributed by atoms with van der Waals surface area (Å²) >= 11 is 5.15. The molecule has 1 unspecified atom stereocenters. The summed E-state index contributed by atoms with van der Waals surface area (Å²) in [6, 6.07) is 4.35. The van der Waals surface area contributed by atoms with E-state index in [1.165, 1.54) is 14.4 Å². The maximum atomic E-state index is 12.3. The van der Waals surface area contributed by atoms with Crippen LogP contribution in [0.25, 0.3) is 0 Å². The van der Waals surface area contributed by atoms with E-state index in [0.717, 1.165) is 5.69 Å². The van der Waals surface area contributed by atoms with Gasteiger partial charge in [-0.2, -0.15) is 5.10 Å². The van der Waals surface area contributed by atoms with E-state index in [0.29, 0.717) is 16.9 Å². The van der Waals surface area contributed by atoms with Gasteiger partial charge in [-0.25, -0.2) is 4.68 Å². The summed E-state index contributed by atoms with van der Waals surface area (Å²) in [6.07, 6.45) is 1.71. The minimum absolute atomic E-state index is 0.0942. The lowest BCUT2D eigenvalue weighted by Crippen LogP contribution is -2.26.